The van der Waals surface area contributed by atoms with Crippen LogP contribution < -0.4 is 4.74 Å². The standard InChI is InChI=1S/C14H21NO2/c1-2-17-14-7-6-12(10-13(14)16)11-15-8-4-3-5-9-15/h6-7,10,16H,2-5,8-9,11H2,1H3. The minimum Gasteiger partial charge on any atom is -0.504 e. The zero-order valence-corrected chi connectivity index (χ0v) is 10.5. The molecule has 94 valence electrons. The number of likely N-dealkylation sites (tertiary alicyclic amines) is 1. The van der Waals surface area contributed by atoms with Crippen molar-refractivity contribution in [3.8, 4) is 11.5 Å². The second-order valence-corrected chi connectivity index (χ2v) is 4.57. The summed E-state index contributed by atoms with van der Waals surface area (Å²) in [5.41, 5.74) is 1.16. The van der Waals surface area contributed by atoms with Crippen molar-refractivity contribution in [2.75, 3.05) is 19.7 Å². The molecule has 3 heteroatoms. The number of nitrogens with zero attached hydrogens (tertiary/aromatic N) is 1. The van der Waals surface area contributed by atoms with Crippen molar-refractivity contribution >= 4 is 0 Å². The van der Waals surface area contributed by atoms with Crippen molar-refractivity contribution in [3.63, 3.8) is 0 Å². The van der Waals surface area contributed by atoms with Gasteiger partial charge in [0.15, 0.2) is 11.5 Å². The average molecular weight is 235 g/mol. The molecule has 1 heterocycles. The van der Waals surface area contributed by atoms with Gasteiger partial charge in [-0.2, -0.15) is 0 Å². The van der Waals surface area contributed by atoms with Crippen LogP contribution >= 0.6 is 0 Å². The van der Waals surface area contributed by atoms with Crippen LogP contribution in [0.1, 0.15) is 31.7 Å². The van der Waals surface area contributed by atoms with E-state index in [1.54, 1.807) is 0 Å². The molecule has 17 heavy (non-hydrogen) atoms. The minimum absolute atomic E-state index is 0.251. The largest absolute Gasteiger partial charge is 0.504 e. The van der Waals surface area contributed by atoms with Crippen LogP contribution in [0, 0.1) is 0 Å². The van der Waals surface area contributed by atoms with Crippen LogP contribution in [0.5, 0.6) is 11.5 Å². The smallest absolute Gasteiger partial charge is 0.160 e. The van der Waals surface area contributed by atoms with Crippen molar-refractivity contribution < 1.29 is 9.84 Å². The lowest BCUT2D eigenvalue weighted by molar-refractivity contribution is 0.220. The Kier molecular flexibility index (Phi) is 4.26. The van der Waals surface area contributed by atoms with Crippen LogP contribution in [0.2, 0.25) is 0 Å². The molecule has 1 N–H and O–H groups in total. The van der Waals surface area contributed by atoms with Crippen LogP contribution in [0.4, 0.5) is 0 Å². The van der Waals surface area contributed by atoms with Gasteiger partial charge in [-0.15, -0.1) is 0 Å². The lowest BCUT2D eigenvalue weighted by Crippen LogP contribution is -2.29. The summed E-state index contributed by atoms with van der Waals surface area (Å²) in [5, 5.41) is 9.81. The fourth-order valence-electron chi connectivity index (χ4n) is 2.31. The van der Waals surface area contributed by atoms with Crippen molar-refractivity contribution in [2.45, 2.75) is 32.7 Å². The Labute approximate surface area is 103 Å². The second kappa shape index (κ2) is 5.92. The molecule has 0 saturated carbocycles. The number of ether oxygens (including phenoxy) is 1. The Hall–Kier alpha value is -1.22. The van der Waals surface area contributed by atoms with Gasteiger partial charge in [0.1, 0.15) is 0 Å². The summed E-state index contributed by atoms with van der Waals surface area (Å²) < 4.78 is 5.32. The molecule has 2 rings (SSSR count). The molecule has 1 aliphatic rings. The Bertz CT molecular complexity index is 359. The highest BCUT2D eigenvalue weighted by molar-refractivity contribution is 5.41. The number of phenolic OH excluding ortho intramolecular Hbond substituents is 1. The summed E-state index contributed by atoms with van der Waals surface area (Å²) in [5.74, 6) is 0.830. The molecule has 0 atom stereocenters. The molecule has 0 aliphatic carbocycles. The number of piperidine rings is 1. The zero-order valence-electron chi connectivity index (χ0n) is 10.5. The van der Waals surface area contributed by atoms with E-state index in [4.69, 9.17) is 4.74 Å². The lowest BCUT2D eigenvalue weighted by Gasteiger charge is -2.26. The molecule has 1 aromatic rings. The Balaban J connectivity index is 1.98. The maximum atomic E-state index is 9.81. The summed E-state index contributed by atoms with van der Waals surface area (Å²) in [6.07, 6.45) is 3.94. The van der Waals surface area contributed by atoms with E-state index >= 15 is 0 Å². The maximum absolute atomic E-state index is 9.81. The lowest BCUT2D eigenvalue weighted by atomic mass is 10.1. The number of hydrogen-bond donors (Lipinski definition) is 1. The zero-order chi connectivity index (χ0) is 12.1. The minimum atomic E-state index is 0.251. The van der Waals surface area contributed by atoms with E-state index in [1.165, 1.54) is 32.4 Å². The third-order valence-electron chi connectivity index (χ3n) is 3.18. The Morgan fingerprint density at radius 1 is 1.24 bits per heavy atom. The Morgan fingerprint density at radius 3 is 2.65 bits per heavy atom. The number of aromatic hydroxyl groups is 1. The van der Waals surface area contributed by atoms with Gasteiger partial charge in [-0.25, -0.2) is 0 Å². The van der Waals surface area contributed by atoms with E-state index in [2.05, 4.69) is 4.90 Å². The first kappa shape index (κ1) is 12.2. The van der Waals surface area contributed by atoms with E-state index in [-0.39, 0.29) is 5.75 Å². The van der Waals surface area contributed by atoms with Crippen molar-refractivity contribution in [2.24, 2.45) is 0 Å². The molecule has 1 aliphatic heterocycles. The Morgan fingerprint density at radius 2 is 2.00 bits per heavy atom. The fraction of sp³-hybridized carbons (Fsp3) is 0.571. The summed E-state index contributed by atoms with van der Waals surface area (Å²) >= 11 is 0. The van der Waals surface area contributed by atoms with Crippen molar-refractivity contribution in [1.82, 2.24) is 4.90 Å². The maximum Gasteiger partial charge on any atom is 0.160 e. The molecule has 1 aromatic carbocycles. The molecule has 1 saturated heterocycles. The summed E-state index contributed by atoms with van der Waals surface area (Å²) in [6.45, 7) is 5.78. The molecule has 0 aromatic heterocycles. The molecule has 0 spiro atoms. The van der Waals surface area contributed by atoms with Crippen LogP contribution in [0.3, 0.4) is 0 Å². The highest BCUT2D eigenvalue weighted by Crippen LogP contribution is 2.27. The molecule has 1 fully saturated rings. The van der Waals surface area contributed by atoms with Gasteiger partial charge in [0, 0.05) is 6.54 Å². The average Bonchev–Trinajstić information content (AvgIpc) is 2.34. The van der Waals surface area contributed by atoms with Gasteiger partial charge in [0.25, 0.3) is 0 Å². The van der Waals surface area contributed by atoms with Crippen LogP contribution in [-0.2, 0) is 6.54 Å². The predicted molar refractivity (Wildman–Crippen MR) is 68.4 cm³/mol. The summed E-state index contributed by atoms with van der Waals surface area (Å²) in [6, 6.07) is 5.72. The monoisotopic (exact) mass is 235 g/mol. The molecule has 0 bridgehead atoms. The molecular weight excluding hydrogens is 214 g/mol. The van der Waals surface area contributed by atoms with E-state index < -0.39 is 0 Å². The molecule has 0 radical (unpaired) electrons. The number of phenols is 1. The SMILES string of the molecule is CCOc1ccc(CN2CCCCC2)cc1O. The topological polar surface area (TPSA) is 32.7 Å². The van der Waals surface area contributed by atoms with Gasteiger partial charge >= 0.3 is 0 Å². The normalized spacial score (nSPS) is 17.0. The fourth-order valence-corrected chi connectivity index (χ4v) is 2.31. The third kappa shape index (κ3) is 3.37. The highest BCUT2D eigenvalue weighted by atomic mass is 16.5. The quantitative estimate of drug-likeness (QED) is 0.871. The van der Waals surface area contributed by atoms with E-state index in [0.29, 0.717) is 12.4 Å². The number of benzene rings is 1. The van der Waals surface area contributed by atoms with E-state index in [1.807, 2.05) is 25.1 Å². The van der Waals surface area contributed by atoms with E-state index in [9.17, 15) is 5.11 Å². The molecule has 3 nitrogen and oxygen atoms in total. The summed E-state index contributed by atoms with van der Waals surface area (Å²) in [4.78, 5) is 2.44. The van der Waals surface area contributed by atoms with Crippen LogP contribution in [0.25, 0.3) is 0 Å². The van der Waals surface area contributed by atoms with Gasteiger partial charge in [-0.1, -0.05) is 12.5 Å². The van der Waals surface area contributed by atoms with Gasteiger partial charge in [0.2, 0.25) is 0 Å². The molecular formula is C14H21NO2. The van der Waals surface area contributed by atoms with Gasteiger partial charge in [-0.05, 0) is 50.6 Å². The molecule has 0 unspecified atom stereocenters. The summed E-state index contributed by atoms with van der Waals surface area (Å²) in [7, 11) is 0. The first-order chi connectivity index (χ1) is 8.29. The second-order valence-electron chi connectivity index (χ2n) is 4.57. The third-order valence-corrected chi connectivity index (χ3v) is 3.18. The van der Waals surface area contributed by atoms with Crippen molar-refractivity contribution in [1.29, 1.82) is 0 Å². The number of rotatable bonds is 4. The van der Waals surface area contributed by atoms with Gasteiger partial charge in [-0.3, -0.25) is 4.90 Å². The van der Waals surface area contributed by atoms with E-state index in [0.717, 1.165) is 12.1 Å². The highest BCUT2D eigenvalue weighted by Gasteiger charge is 2.11. The first-order valence-electron chi connectivity index (χ1n) is 6.46. The first-order valence-corrected chi connectivity index (χ1v) is 6.46. The predicted octanol–water partition coefficient (Wildman–Crippen LogP) is 2.78. The van der Waals surface area contributed by atoms with Gasteiger partial charge in [0.05, 0.1) is 6.61 Å². The van der Waals surface area contributed by atoms with Crippen molar-refractivity contribution in [3.05, 3.63) is 23.8 Å². The van der Waals surface area contributed by atoms with Crippen LogP contribution in [-0.4, -0.2) is 29.7 Å². The molecule has 0 amide bonds. The van der Waals surface area contributed by atoms with Crippen LogP contribution in [0.15, 0.2) is 18.2 Å². The van der Waals surface area contributed by atoms with Gasteiger partial charge < -0.3 is 9.84 Å². The number of hydrogen-bond acceptors (Lipinski definition) is 3.